The second-order valence-corrected chi connectivity index (χ2v) is 11.6. The van der Waals surface area contributed by atoms with Gasteiger partial charge in [-0.25, -0.2) is 0 Å². The molecule has 5 heteroatoms. The molecular formula is C40H25N5. The van der Waals surface area contributed by atoms with Crippen LogP contribution in [0.2, 0.25) is 0 Å². The van der Waals surface area contributed by atoms with Gasteiger partial charge in [0.05, 0.1) is 28.0 Å². The predicted octanol–water partition coefficient (Wildman–Crippen LogP) is 9.23. The van der Waals surface area contributed by atoms with E-state index in [0.29, 0.717) is 11.9 Å². The fourth-order valence-corrected chi connectivity index (χ4v) is 7.41. The second kappa shape index (κ2) is 9.21. The van der Waals surface area contributed by atoms with Gasteiger partial charge < -0.3 is 0 Å². The zero-order valence-corrected chi connectivity index (χ0v) is 24.2. The third-order valence-electron chi connectivity index (χ3n) is 9.28. The van der Waals surface area contributed by atoms with Crippen molar-refractivity contribution in [3.05, 3.63) is 163 Å². The number of nitrogens with zero attached hydrogens (tertiary/aromatic N) is 5. The minimum atomic E-state index is -0.126. The summed E-state index contributed by atoms with van der Waals surface area (Å²) in [5, 5.41) is 4.69. The van der Waals surface area contributed by atoms with Crippen molar-refractivity contribution in [2.75, 3.05) is 0 Å². The minimum Gasteiger partial charge on any atom is -0.278 e. The lowest BCUT2D eigenvalue weighted by molar-refractivity contribution is 0.793. The zero-order chi connectivity index (χ0) is 29.5. The molecule has 1 aliphatic rings. The Kier molecular flexibility index (Phi) is 4.99. The highest BCUT2D eigenvalue weighted by Gasteiger charge is 2.33. The van der Waals surface area contributed by atoms with Gasteiger partial charge in [0.2, 0.25) is 11.9 Å². The van der Waals surface area contributed by atoms with Crippen molar-refractivity contribution < 1.29 is 0 Å². The smallest absolute Gasteiger partial charge is 0.239 e. The molecular weight excluding hydrogens is 550 g/mol. The van der Waals surface area contributed by atoms with Gasteiger partial charge >= 0.3 is 0 Å². The molecule has 0 fully saturated rings. The van der Waals surface area contributed by atoms with E-state index in [4.69, 9.17) is 15.0 Å². The Balaban J connectivity index is 1.34. The van der Waals surface area contributed by atoms with Crippen molar-refractivity contribution in [1.29, 1.82) is 0 Å². The maximum absolute atomic E-state index is 5.35. The Labute approximate surface area is 258 Å². The number of hydrogen-bond donors (Lipinski definition) is 0. The van der Waals surface area contributed by atoms with Gasteiger partial charge in [-0.05, 0) is 46.5 Å². The van der Waals surface area contributed by atoms with Crippen LogP contribution in [0.3, 0.4) is 0 Å². The molecule has 210 valence electrons. The van der Waals surface area contributed by atoms with Crippen LogP contribution in [0.25, 0.3) is 66.6 Å². The normalized spacial score (nSPS) is 12.8. The maximum Gasteiger partial charge on any atom is 0.239 e. The average molecular weight is 576 g/mol. The third-order valence-corrected chi connectivity index (χ3v) is 9.28. The van der Waals surface area contributed by atoms with Gasteiger partial charge in [0.25, 0.3) is 0 Å². The molecule has 9 aromatic rings. The quantitative estimate of drug-likeness (QED) is 0.211. The molecule has 10 rings (SSSR count). The molecule has 0 unspecified atom stereocenters. The van der Waals surface area contributed by atoms with Gasteiger partial charge in [0.15, 0.2) is 0 Å². The number of aromatic nitrogens is 5. The van der Waals surface area contributed by atoms with Crippen molar-refractivity contribution in [3.8, 4) is 23.0 Å². The van der Waals surface area contributed by atoms with Crippen molar-refractivity contribution in [2.45, 2.75) is 5.92 Å². The summed E-state index contributed by atoms with van der Waals surface area (Å²) < 4.78 is 4.39. The molecule has 5 nitrogen and oxygen atoms in total. The summed E-state index contributed by atoms with van der Waals surface area (Å²) in [5.74, 6) is 1.82. The Morgan fingerprint density at radius 3 is 1.09 bits per heavy atom. The van der Waals surface area contributed by atoms with E-state index in [1.54, 1.807) is 0 Å². The van der Waals surface area contributed by atoms with E-state index in [1.807, 2.05) is 0 Å². The molecule has 3 aromatic heterocycles. The molecule has 0 saturated carbocycles. The molecule has 0 radical (unpaired) electrons. The standard InChI is InChI=1S/C40H25N5/c1-3-19-31-25(13-1)26-14-2-4-20-32(26)37(31)38-41-39(44-33-21-9-5-15-27(33)28-16-6-10-22-34(28)44)43-40(42-38)45-35-23-11-7-17-29(35)30-18-8-12-24-36(30)45/h1-24,37H. The zero-order valence-electron chi connectivity index (χ0n) is 24.2. The van der Waals surface area contributed by atoms with Crippen molar-refractivity contribution in [3.63, 3.8) is 0 Å². The first-order chi connectivity index (χ1) is 22.3. The number of hydrogen-bond acceptors (Lipinski definition) is 3. The Bertz CT molecular complexity index is 2340. The Morgan fingerprint density at radius 1 is 0.356 bits per heavy atom. The number of benzene rings is 6. The van der Waals surface area contributed by atoms with Crippen LogP contribution < -0.4 is 0 Å². The first-order valence-corrected chi connectivity index (χ1v) is 15.3. The van der Waals surface area contributed by atoms with E-state index in [0.717, 1.165) is 27.9 Å². The second-order valence-electron chi connectivity index (χ2n) is 11.6. The number of fused-ring (bicyclic) bond motifs is 9. The summed E-state index contributed by atoms with van der Waals surface area (Å²) in [6, 6.07) is 51.3. The van der Waals surface area contributed by atoms with Crippen LogP contribution in [0.1, 0.15) is 22.9 Å². The highest BCUT2D eigenvalue weighted by Crippen LogP contribution is 2.47. The first-order valence-electron chi connectivity index (χ1n) is 15.3. The molecule has 0 spiro atoms. The van der Waals surface area contributed by atoms with E-state index in [9.17, 15) is 0 Å². The fourth-order valence-electron chi connectivity index (χ4n) is 7.41. The Morgan fingerprint density at radius 2 is 0.689 bits per heavy atom. The minimum absolute atomic E-state index is 0.126. The van der Waals surface area contributed by atoms with E-state index in [-0.39, 0.29) is 5.92 Å². The molecule has 0 amide bonds. The highest BCUT2D eigenvalue weighted by atomic mass is 15.3. The van der Waals surface area contributed by atoms with E-state index < -0.39 is 0 Å². The molecule has 0 N–H and O–H groups in total. The van der Waals surface area contributed by atoms with E-state index >= 15 is 0 Å². The van der Waals surface area contributed by atoms with Gasteiger partial charge in [-0.15, -0.1) is 0 Å². The molecule has 3 heterocycles. The van der Waals surface area contributed by atoms with E-state index in [1.165, 1.54) is 43.8 Å². The van der Waals surface area contributed by atoms with Gasteiger partial charge in [0, 0.05) is 21.5 Å². The van der Waals surface area contributed by atoms with Crippen LogP contribution >= 0.6 is 0 Å². The first kappa shape index (κ1) is 24.4. The topological polar surface area (TPSA) is 48.5 Å². The molecule has 0 saturated heterocycles. The van der Waals surface area contributed by atoms with Crippen LogP contribution in [0, 0.1) is 0 Å². The van der Waals surface area contributed by atoms with Gasteiger partial charge in [0.1, 0.15) is 5.82 Å². The molecule has 0 aliphatic heterocycles. The molecule has 1 aliphatic carbocycles. The van der Waals surface area contributed by atoms with Gasteiger partial charge in [-0.1, -0.05) is 121 Å². The lowest BCUT2D eigenvalue weighted by Crippen LogP contribution is -2.14. The molecule has 0 atom stereocenters. The lowest BCUT2D eigenvalue weighted by Gasteiger charge is -2.17. The van der Waals surface area contributed by atoms with Gasteiger partial charge in [-0.2, -0.15) is 15.0 Å². The third kappa shape index (κ3) is 3.40. The van der Waals surface area contributed by atoms with Crippen molar-refractivity contribution in [2.24, 2.45) is 0 Å². The number of rotatable bonds is 3. The molecule has 0 bridgehead atoms. The summed E-state index contributed by atoms with van der Waals surface area (Å²) in [4.78, 5) is 16.0. The summed E-state index contributed by atoms with van der Waals surface area (Å²) in [7, 11) is 0. The van der Waals surface area contributed by atoms with Crippen LogP contribution in [-0.2, 0) is 0 Å². The largest absolute Gasteiger partial charge is 0.278 e. The Hall–Kier alpha value is -6.07. The highest BCUT2D eigenvalue weighted by molar-refractivity contribution is 6.10. The van der Waals surface area contributed by atoms with Crippen molar-refractivity contribution in [1.82, 2.24) is 24.1 Å². The van der Waals surface area contributed by atoms with Crippen LogP contribution in [-0.4, -0.2) is 24.1 Å². The van der Waals surface area contributed by atoms with Crippen LogP contribution in [0.5, 0.6) is 0 Å². The van der Waals surface area contributed by atoms with Crippen LogP contribution in [0.15, 0.2) is 146 Å². The molecule has 6 aromatic carbocycles. The summed E-state index contributed by atoms with van der Waals surface area (Å²) in [5.41, 5.74) is 9.16. The predicted molar refractivity (Wildman–Crippen MR) is 181 cm³/mol. The van der Waals surface area contributed by atoms with Crippen molar-refractivity contribution >= 4 is 43.6 Å². The SMILES string of the molecule is c1ccc2c(c1)-c1ccccc1C2c1nc(-n2c3ccccc3c3ccccc32)nc(-n2c3ccccc3c3ccccc32)n1. The van der Waals surface area contributed by atoms with Gasteiger partial charge in [-0.3, -0.25) is 9.13 Å². The summed E-state index contributed by atoms with van der Waals surface area (Å²) >= 11 is 0. The lowest BCUT2D eigenvalue weighted by atomic mass is 9.96. The summed E-state index contributed by atoms with van der Waals surface area (Å²) in [6.45, 7) is 0. The summed E-state index contributed by atoms with van der Waals surface area (Å²) in [6.07, 6.45) is 0. The van der Waals surface area contributed by atoms with E-state index in [2.05, 4.69) is 155 Å². The fraction of sp³-hybridized carbons (Fsp3) is 0.0250. The number of para-hydroxylation sites is 4. The monoisotopic (exact) mass is 575 g/mol. The van der Waals surface area contributed by atoms with Crippen LogP contribution in [0.4, 0.5) is 0 Å². The maximum atomic E-state index is 5.35. The average Bonchev–Trinajstić information content (AvgIpc) is 3.74. The molecule has 45 heavy (non-hydrogen) atoms.